The number of halogens is 1. The first-order valence-electron chi connectivity index (χ1n) is 9.91. The van der Waals surface area contributed by atoms with E-state index >= 15 is 0 Å². The Morgan fingerprint density at radius 2 is 1.70 bits per heavy atom. The number of pyridine rings is 1. The maximum atomic E-state index is 6.40. The summed E-state index contributed by atoms with van der Waals surface area (Å²) in [4.78, 5) is 6.66. The fraction of sp³-hybridized carbons (Fsp3) is 0.455. The van der Waals surface area contributed by atoms with Crippen molar-refractivity contribution in [3.8, 4) is 0 Å². The highest BCUT2D eigenvalue weighted by molar-refractivity contribution is 7.80. The number of hydrogen-bond acceptors (Lipinski definition) is 2. The Labute approximate surface area is 173 Å². The molecule has 3 nitrogen and oxygen atoms in total. The molecule has 2 aromatic rings. The predicted molar refractivity (Wildman–Crippen MR) is 117 cm³/mol. The molecular weight excluding hydrogens is 374 g/mol. The fourth-order valence-corrected chi connectivity index (χ4v) is 4.08. The highest BCUT2D eigenvalue weighted by Gasteiger charge is 2.18. The SMILES string of the molecule is S=C(NC1CCCCCCC1)N(Cc1ccccn1)Cc1ccccc1Cl. The Bertz CT molecular complexity index is 715. The molecule has 0 spiro atoms. The molecular formula is C22H28ClN3S. The third kappa shape index (κ3) is 6.47. The molecule has 0 bridgehead atoms. The Morgan fingerprint density at radius 3 is 2.41 bits per heavy atom. The minimum atomic E-state index is 0.468. The van der Waals surface area contributed by atoms with Crippen LogP contribution in [0, 0.1) is 0 Å². The molecule has 1 aliphatic rings. The van der Waals surface area contributed by atoms with Crippen LogP contribution in [0.4, 0.5) is 0 Å². The number of nitrogens with zero attached hydrogens (tertiary/aromatic N) is 2. The minimum Gasteiger partial charge on any atom is -0.360 e. The van der Waals surface area contributed by atoms with Gasteiger partial charge >= 0.3 is 0 Å². The van der Waals surface area contributed by atoms with E-state index in [9.17, 15) is 0 Å². The van der Waals surface area contributed by atoms with Crippen molar-refractivity contribution < 1.29 is 0 Å². The van der Waals surface area contributed by atoms with Gasteiger partial charge in [0.15, 0.2) is 5.11 Å². The summed E-state index contributed by atoms with van der Waals surface area (Å²) < 4.78 is 0. The van der Waals surface area contributed by atoms with E-state index in [4.69, 9.17) is 23.8 Å². The Balaban J connectivity index is 1.71. The summed E-state index contributed by atoms with van der Waals surface area (Å²) in [5.41, 5.74) is 2.09. The average Bonchev–Trinajstić information content (AvgIpc) is 2.66. The minimum absolute atomic E-state index is 0.468. The van der Waals surface area contributed by atoms with Crippen LogP contribution in [0.1, 0.15) is 56.2 Å². The molecule has 27 heavy (non-hydrogen) atoms. The summed E-state index contributed by atoms with van der Waals surface area (Å²) in [5, 5.41) is 5.21. The van der Waals surface area contributed by atoms with Crippen molar-refractivity contribution in [1.82, 2.24) is 15.2 Å². The molecule has 0 unspecified atom stereocenters. The van der Waals surface area contributed by atoms with E-state index in [-0.39, 0.29) is 0 Å². The number of hydrogen-bond donors (Lipinski definition) is 1. The van der Waals surface area contributed by atoms with E-state index in [1.807, 2.05) is 42.6 Å². The summed E-state index contributed by atoms with van der Waals surface area (Å²) in [5.74, 6) is 0. The van der Waals surface area contributed by atoms with Crippen LogP contribution in [0.5, 0.6) is 0 Å². The quantitative estimate of drug-likeness (QED) is 0.648. The molecule has 3 rings (SSSR count). The predicted octanol–water partition coefficient (Wildman–Crippen LogP) is 5.72. The molecule has 1 heterocycles. The lowest BCUT2D eigenvalue weighted by Crippen LogP contribution is -2.44. The van der Waals surface area contributed by atoms with E-state index in [1.54, 1.807) is 0 Å². The molecule has 0 atom stereocenters. The Hall–Kier alpha value is -1.65. The summed E-state index contributed by atoms with van der Waals surface area (Å²) in [6.07, 6.45) is 10.8. The molecule has 0 saturated heterocycles. The van der Waals surface area contributed by atoms with Crippen LogP contribution in [0.25, 0.3) is 0 Å². The van der Waals surface area contributed by atoms with E-state index < -0.39 is 0 Å². The number of aromatic nitrogens is 1. The third-order valence-corrected chi connectivity index (χ3v) is 5.86. The average molecular weight is 402 g/mol. The smallest absolute Gasteiger partial charge is 0.169 e. The van der Waals surface area contributed by atoms with Crippen LogP contribution in [0.15, 0.2) is 48.7 Å². The molecule has 1 aliphatic carbocycles. The van der Waals surface area contributed by atoms with Gasteiger partial charge in [-0.1, -0.05) is 68.0 Å². The molecule has 1 aromatic carbocycles. The molecule has 1 saturated carbocycles. The lowest BCUT2D eigenvalue weighted by molar-refractivity contribution is 0.367. The Morgan fingerprint density at radius 1 is 1.00 bits per heavy atom. The summed E-state index contributed by atoms with van der Waals surface area (Å²) in [7, 11) is 0. The first-order valence-corrected chi connectivity index (χ1v) is 10.7. The van der Waals surface area contributed by atoms with Crippen molar-refractivity contribution in [3.63, 3.8) is 0 Å². The van der Waals surface area contributed by atoms with Gasteiger partial charge in [0, 0.05) is 23.8 Å². The number of thiocarbonyl (C=S) groups is 1. The Kier molecular flexibility index (Phi) is 7.91. The highest BCUT2D eigenvalue weighted by Crippen LogP contribution is 2.20. The normalized spacial score (nSPS) is 15.6. The largest absolute Gasteiger partial charge is 0.360 e. The highest BCUT2D eigenvalue weighted by atomic mass is 35.5. The van der Waals surface area contributed by atoms with Crippen LogP contribution >= 0.6 is 23.8 Å². The number of nitrogens with one attached hydrogen (secondary N) is 1. The van der Waals surface area contributed by atoms with Gasteiger partial charge in [-0.2, -0.15) is 0 Å². The van der Waals surface area contributed by atoms with Crippen molar-refractivity contribution in [2.24, 2.45) is 0 Å². The van der Waals surface area contributed by atoms with Crippen molar-refractivity contribution >= 4 is 28.9 Å². The zero-order chi connectivity index (χ0) is 18.9. The lowest BCUT2D eigenvalue weighted by atomic mass is 9.97. The first kappa shape index (κ1) is 20.1. The van der Waals surface area contributed by atoms with Gasteiger partial charge in [-0.3, -0.25) is 4.98 Å². The molecule has 1 aromatic heterocycles. The van der Waals surface area contributed by atoms with Gasteiger partial charge in [0.1, 0.15) is 0 Å². The zero-order valence-electron chi connectivity index (χ0n) is 15.7. The van der Waals surface area contributed by atoms with Gasteiger partial charge < -0.3 is 10.2 Å². The van der Waals surface area contributed by atoms with E-state index in [0.717, 1.165) is 21.4 Å². The molecule has 0 radical (unpaired) electrons. The van der Waals surface area contributed by atoms with Crippen LogP contribution in [0.3, 0.4) is 0 Å². The fourth-order valence-electron chi connectivity index (χ4n) is 3.59. The molecule has 0 amide bonds. The number of benzene rings is 1. The molecule has 5 heteroatoms. The van der Waals surface area contributed by atoms with Crippen LogP contribution in [-0.2, 0) is 13.1 Å². The van der Waals surface area contributed by atoms with E-state index in [0.29, 0.717) is 19.1 Å². The zero-order valence-corrected chi connectivity index (χ0v) is 17.3. The van der Waals surface area contributed by atoms with Gasteiger partial charge in [-0.05, 0) is 48.8 Å². The second-order valence-corrected chi connectivity index (χ2v) is 8.05. The van der Waals surface area contributed by atoms with Crippen molar-refractivity contribution in [3.05, 3.63) is 64.9 Å². The first-order chi connectivity index (χ1) is 13.2. The van der Waals surface area contributed by atoms with E-state index in [2.05, 4.69) is 21.3 Å². The van der Waals surface area contributed by atoms with Gasteiger partial charge in [0.2, 0.25) is 0 Å². The monoisotopic (exact) mass is 401 g/mol. The van der Waals surface area contributed by atoms with Gasteiger partial charge in [-0.25, -0.2) is 0 Å². The van der Waals surface area contributed by atoms with Gasteiger partial charge in [0.05, 0.1) is 12.2 Å². The maximum Gasteiger partial charge on any atom is 0.169 e. The van der Waals surface area contributed by atoms with E-state index in [1.165, 1.54) is 44.9 Å². The van der Waals surface area contributed by atoms with Crippen LogP contribution in [0.2, 0.25) is 5.02 Å². The van der Waals surface area contributed by atoms with Gasteiger partial charge in [0.25, 0.3) is 0 Å². The second kappa shape index (κ2) is 10.6. The van der Waals surface area contributed by atoms with Crippen molar-refractivity contribution in [1.29, 1.82) is 0 Å². The van der Waals surface area contributed by atoms with Crippen molar-refractivity contribution in [2.45, 2.75) is 64.1 Å². The van der Waals surface area contributed by atoms with Crippen molar-refractivity contribution in [2.75, 3.05) is 0 Å². The maximum absolute atomic E-state index is 6.40. The van der Waals surface area contributed by atoms with Crippen LogP contribution < -0.4 is 5.32 Å². The lowest BCUT2D eigenvalue weighted by Gasteiger charge is -2.30. The summed E-state index contributed by atoms with van der Waals surface area (Å²) >= 11 is 12.2. The second-order valence-electron chi connectivity index (χ2n) is 7.26. The third-order valence-electron chi connectivity index (χ3n) is 5.12. The topological polar surface area (TPSA) is 28.2 Å². The summed E-state index contributed by atoms with van der Waals surface area (Å²) in [6, 6.07) is 14.4. The summed E-state index contributed by atoms with van der Waals surface area (Å²) in [6.45, 7) is 1.35. The standard InChI is InChI=1S/C22H28ClN3S/c23-21-14-7-6-10-18(21)16-26(17-20-13-8-9-15-24-20)22(27)25-19-11-4-2-1-3-5-12-19/h6-10,13-15,19H,1-5,11-12,16-17H2,(H,25,27). The molecule has 1 N–H and O–H groups in total. The van der Waals surface area contributed by atoms with Gasteiger partial charge in [-0.15, -0.1) is 0 Å². The number of rotatable bonds is 5. The molecule has 1 fully saturated rings. The van der Waals surface area contributed by atoms with Crippen LogP contribution in [-0.4, -0.2) is 21.0 Å². The molecule has 144 valence electrons. The molecule has 0 aliphatic heterocycles.